The Bertz CT molecular complexity index is 798. The maximum Gasteiger partial charge on any atom is 0.256 e. The summed E-state index contributed by atoms with van der Waals surface area (Å²) in [6.07, 6.45) is 0.436. The fourth-order valence-corrected chi connectivity index (χ4v) is 3.36. The molecule has 0 bridgehead atoms. The molecule has 5 nitrogen and oxygen atoms in total. The molecular formula is C22H26FNO4. The van der Waals surface area contributed by atoms with Gasteiger partial charge in [-0.1, -0.05) is 30.3 Å². The van der Waals surface area contributed by atoms with Gasteiger partial charge in [-0.05, 0) is 49.4 Å². The molecule has 0 radical (unpaired) electrons. The Labute approximate surface area is 164 Å². The van der Waals surface area contributed by atoms with Crippen molar-refractivity contribution in [2.75, 3.05) is 19.7 Å². The summed E-state index contributed by atoms with van der Waals surface area (Å²) in [7, 11) is 0. The van der Waals surface area contributed by atoms with Crippen LogP contribution in [0.2, 0.25) is 0 Å². The maximum atomic E-state index is 14.0. The smallest absolute Gasteiger partial charge is 0.256 e. The lowest BCUT2D eigenvalue weighted by molar-refractivity contribution is -0.0150. The summed E-state index contributed by atoms with van der Waals surface area (Å²) in [5.74, 6) is -0.253. The SMILES string of the molecule is O=C(c1ccccc1F)N1CCCCc2ccccc2OC[C@@H](O)[C@@H](O)CC1. The number of aryl methyl sites for hydroxylation is 1. The first-order valence-corrected chi connectivity index (χ1v) is 9.67. The van der Waals surface area contributed by atoms with Gasteiger partial charge in [-0.3, -0.25) is 4.79 Å². The van der Waals surface area contributed by atoms with Crippen LogP contribution in [0.25, 0.3) is 0 Å². The van der Waals surface area contributed by atoms with Gasteiger partial charge in [-0.2, -0.15) is 0 Å². The fraction of sp³-hybridized carbons (Fsp3) is 0.409. The van der Waals surface area contributed by atoms with E-state index in [2.05, 4.69) is 0 Å². The molecule has 1 amide bonds. The second-order valence-electron chi connectivity index (χ2n) is 7.07. The van der Waals surface area contributed by atoms with Crippen LogP contribution in [0.1, 0.15) is 35.2 Å². The van der Waals surface area contributed by atoms with E-state index in [0.29, 0.717) is 12.3 Å². The Balaban J connectivity index is 1.76. The van der Waals surface area contributed by atoms with E-state index in [1.807, 2.05) is 24.3 Å². The molecule has 0 unspecified atom stereocenters. The molecule has 2 N–H and O–H groups in total. The first-order chi connectivity index (χ1) is 13.6. The number of benzene rings is 2. The average molecular weight is 387 g/mol. The van der Waals surface area contributed by atoms with Crippen LogP contribution in [0.4, 0.5) is 4.39 Å². The van der Waals surface area contributed by atoms with E-state index >= 15 is 0 Å². The van der Waals surface area contributed by atoms with E-state index < -0.39 is 23.9 Å². The van der Waals surface area contributed by atoms with Crippen LogP contribution in [0.5, 0.6) is 5.75 Å². The van der Waals surface area contributed by atoms with Gasteiger partial charge in [0.2, 0.25) is 0 Å². The fourth-order valence-electron chi connectivity index (χ4n) is 3.36. The summed E-state index contributed by atoms with van der Waals surface area (Å²) < 4.78 is 19.7. The Morgan fingerprint density at radius 3 is 2.57 bits per heavy atom. The first kappa shape index (κ1) is 20.3. The number of hydrogen-bond acceptors (Lipinski definition) is 4. The zero-order chi connectivity index (χ0) is 19.9. The summed E-state index contributed by atoms with van der Waals surface area (Å²) in [5, 5.41) is 20.5. The summed E-state index contributed by atoms with van der Waals surface area (Å²) in [4.78, 5) is 14.4. The van der Waals surface area contributed by atoms with Crippen LogP contribution in [0, 0.1) is 5.82 Å². The van der Waals surface area contributed by atoms with Crippen molar-refractivity contribution < 1.29 is 24.1 Å². The van der Waals surface area contributed by atoms with Crippen molar-refractivity contribution in [2.45, 2.75) is 37.9 Å². The third-order valence-electron chi connectivity index (χ3n) is 5.04. The predicted molar refractivity (Wildman–Crippen MR) is 104 cm³/mol. The molecule has 3 rings (SSSR count). The van der Waals surface area contributed by atoms with E-state index in [1.165, 1.54) is 12.1 Å². The van der Waals surface area contributed by atoms with Crippen LogP contribution in [0.15, 0.2) is 48.5 Å². The van der Waals surface area contributed by atoms with Crippen LogP contribution in [0.3, 0.4) is 0 Å². The van der Waals surface area contributed by atoms with Gasteiger partial charge >= 0.3 is 0 Å². The number of fused-ring (bicyclic) bond motifs is 1. The molecule has 6 heteroatoms. The highest BCUT2D eigenvalue weighted by atomic mass is 19.1. The first-order valence-electron chi connectivity index (χ1n) is 9.67. The molecule has 2 aromatic carbocycles. The van der Waals surface area contributed by atoms with Crippen molar-refractivity contribution in [1.29, 1.82) is 0 Å². The Morgan fingerprint density at radius 1 is 1.00 bits per heavy atom. The number of aliphatic hydroxyl groups is 2. The van der Waals surface area contributed by atoms with Crippen molar-refractivity contribution in [3.8, 4) is 5.75 Å². The molecule has 0 aromatic heterocycles. The molecule has 0 saturated carbocycles. The molecule has 0 fully saturated rings. The van der Waals surface area contributed by atoms with Gasteiger partial charge in [-0.15, -0.1) is 0 Å². The zero-order valence-corrected chi connectivity index (χ0v) is 15.8. The monoisotopic (exact) mass is 387 g/mol. The second kappa shape index (κ2) is 9.66. The summed E-state index contributed by atoms with van der Waals surface area (Å²) in [5.41, 5.74) is 1.05. The highest BCUT2D eigenvalue weighted by molar-refractivity contribution is 5.94. The van der Waals surface area contributed by atoms with E-state index in [-0.39, 0.29) is 25.1 Å². The van der Waals surface area contributed by atoms with Crippen molar-refractivity contribution in [3.05, 3.63) is 65.5 Å². The molecule has 2 atom stereocenters. The largest absolute Gasteiger partial charge is 0.491 e. The van der Waals surface area contributed by atoms with E-state index in [4.69, 9.17) is 4.74 Å². The minimum atomic E-state index is -1.07. The van der Waals surface area contributed by atoms with Gasteiger partial charge in [-0.25, -0.2) is 4.39 Å². The van der Waals surface area contributed by atoms with Crippen molar-refractivity contribution in [2.24, 2.45) is 0 Å². The number of amides is 1. The topological polar surface area (TPSA) is 70.0 Å². The third-order valence-corrected chi connectivity index (χ3v) is 5.04. The van der Waals surface area contributed by atoms with Crippen molar-refractivity contribution in [3.63, 3.8) is 0 Å². The number of para-hydroxylation sites is 1. The number of ether oxygens (including phenoxy) is 1. The maximum absolute atomic E-state index is 14.0. The minimum absolute atomic E-state index is 0.0236. The molecule has 150 valence electrons. The normalized spacial score (nSPS) is 21.5. The minimum Gasteiger partial charge on any atom is -0.491 e. The Hall–Kier alpha value is -2.44. The molecule has 0 saturated heterocycles. The summed E-state index contributed by atoms with van der Waals surface area (Å²) >= 11 is 0. The lowest BCUT2D eigenvalue weighted by atomic mass is 10.1. The van der Waals surface area contributed by atoms with Gasteiger partial charge in [0.1, 0.15) is 24.3 Å². The lowest BCUT2D eigenvalue weighted by Crippen LogP contribution is -2.38. The quantitative estimate of drug-likeness (QED) is 0.790. The molecular weight excluding hydrogens is 361 g/mol. The molecule has 28 heavy (non-hydrogen) atoms. The number of hydrogen-bond donors (Lipinski definition) is 2. The van der Waals surface area contributed by atoms with Gasteiger partial charge < -0.3 is 19.8 Å². The van der Waals surface area contributed by atoms with Gasteiger partial charge in [0.25, 0.3) is 5.91 Å². The standard InChI is InChI=1S/C22H26FNO4/c23-18-10-3-2-9-17(18)22(27)24-13-6-5-8-16-7-1-4-11-21(16)28-15-20(26)19(25)12-14-24/h1-4,7,9-11,19-20,25-26H,5-6,8,12-15H2/t19-,20+/m0/s1. The number of aliphatic hydroxyl groups excluding tert-OH is 2. The number of carbonyl (C=O) groups excluding carboxylic acids is 1. The van der Waals surface area contributed by atoms with Crippen LogP contribution in [-0.2, 0) is 6.42 Å². The molecule has 1 aliphatic rings. The van der Waals surface area contributed by atoms with Crippen molar-refractivity contribution >= 4 is 5.91 Å². The van der Waals surface area contributed by atoms with Crippen LogP contribution >= 0.6 is 0 Å². The third kappa shape index (κ3) is 5.09. The van der Waals surface area contributed by atoms with Gasteiger partial charge in [0.15, 0.2) is 0 Å². The van der Waals surface area contributed by atoms with Gasteiger partial charge in [0, 0.05) is 13.1 Å². The molecule has 1 heterocycles. The number of carbonyl (C=O) groups is 1. The molecule has 2 aromatic rings. The van der Waals surface area contributed by atoms with Crippen molar-refractivity contribution in [1.82, 2.24) is 4.90 Å². The van der Waals surface area contributed by atoms with E-state index in [9.17, 15) is 19.4 Å². The molecule has 1 aliphatic heterocycles. The number of halogens is 1. The summed E-state index contributed by atoms with van der Waals surface area (Å²) in [6, 6.07) is 13.5. The average Bonchev–Trinajstić information content (AvgIpc) is 2.72. The highest BCUT2D eigenvalue weighted by Gasteiger charge is 2.23. The molecule has 0 aliphatic carbocycles. The highest BCUT2D eigenvalue weighted by Crippen LogP contribution is 2.22. The Kier molecular flexibility index (Phi) is 7.01. The number of rotatable bonds is 1. The summed E-state index contributed by atoms with van der Waals surface area (Å²) in [6.45, 7) is 0.663. The lowest BCUT2D eigenvalue weighted by Gasteiger charge is -2.25. The predicted octanol–water partition coefficient (Wildman–Crippen LogP) is 2.80. The van der Waals surface area contributed by atoms with E-state index in [0.717, 1.165) is 24.8 Å². The second-order valence-corrected chi connectivity index (χ2v) is 7.07. The zero-order valence-electron chi connectivity index (χ0n) is 15.8. The Morgan fingerprint density at radius 2 is 1.75 bits per heavy atom. The van der Waals surface area contributed by atoms with Crippen LogP contribution < -0.4 is 4.74 Å². The van der Waals surface area contributed by atoms with E-state index in [1.54, 1.807) is 17.0 Å². The molecule has 0 spiro atoms. The van der Waals surface area contributed by atoms with Crippen LogP contribution in [-0.4, -0.2) is 52.9 Å². The van der Waals surface area contributed by atoms with Gasteiger partial charge in [0.05, 0.1) is 11.7 Å². The number of nitrogens with zero attached hydrogens (tertiary/aromatic N) is 1.